The number of aryl methyl sites for hydroxylation is 1. The largest absolute Gasteiger partial charge is 0.241 e. The van der Waals surface area contributed by atoms with Crippen molar-refractivity contribution in [2.45, 2.75) is 31.1 Å². The van der Waals surface area contributed by atoms with Crippen molar-refractivity contribution in [3.63, 3.8) is 0 Å². The lowest BCUT2D eigenvalue weighted by Gasteiger charge is -2.18. The second kappa shape index (κ2) is 7.30. The number of sulfonamides is 1. The minimum atomic E-state index is -3.52. The zero-order valence-corrected chi connectivity index (χ0v) is 16.4. The second-order valence-electron chi connectivity index (χ2n) is 5.49. The van der Waals surface area contributed by atoms with E-state index in [1.807, 2.05) is 6.92 Å². The first-order valence-corrected chi connectivity index (χ1v) is 10.5. The Morgan fingerprint density at radius 2 is 1.90 bits per heavy atom. The maximum atomic E-state index is 12.5. The fourth-order valence-electron chi connectivity index (χ4n) is 2.71. The summed E-state index contributed by atoms with van der Waals surface area (Å²) in [7, 11) is -3.52. The number of hydrogen-bond acceptors (Lipinski definition) is 2. The van der Waals surface area contributed by atoms with E-state index in [0.717, 1.165) is 29.3 Å². The van der Waals surface area contributed by atoms with Gasteiger partial charge in [-0.05, 0) is 65.2 Å². The maximum Gasteiger partial charge on any atom is 0.241 e. The Hall–Kier alpha value is 0.380. The second-order valence-corrected chi connectivity index (χ2v) is 9.24. The molecule has 1 saturated carbocycles. The molecule has 0 aromatic heterocycles. The molecule has 1 aliphatic rings. The zero-order valence-electron chi connectivity index (χ0n) is 11.7. The van der Waals surface area contributed by atoms with Gasteiger partial charge in [0.1, 0.15) is 0 Å². The smallest absolute Gasteiger partial charge is 0.211 e. The van der Waals surface area contributed by atoms with Gasteiger partial charge in [0.05, 0.1) is 4.90 Å². The third kappa shape index (κ3) is 4.22. The van der Waals surface area contributed by atoms with Gasteiger partial charge >= 0.3 is 0 Å². The topological polar surface area (TPSA) is 46.2 Å². The first-order valence-electron chi connectivity index (χ1n) is 6.86. The number of hydrogen-bond donors (Lipinski definition) is 1. The van der Waals surface area contributed by atoms with Gasteiger partial charge in [-0.1, -0.05) is 22.4 Å². The van der Waals surface area contributed by atoms with E-state index in [1.54, 1.807) is 12.1 Å². The molecule has 2 atom stereocenters. The monoisotopic (exact) mass is 457 g/mol. The molecule has 0 bridgehead atoms. The van der Waals surface area contributed by atoms with E-state index in [-0.39, 0.29) is 4.90 Å². The van der Waals surface area contributed by atoms with Crippen LogP contribution >= 0.6 is 43.5 Å². The minimum Gasteiger partial charge on any atom is -0.211 e. The van der Waals surface area contributed by atoms with Crippen molar-refractivity contribution in [1.29, 1.82) is 0 Å². The molecule has 2 unspecified atom stereocenters. The van der Waals surface area contributed by atoms with Crippen molar-refractivity contribution < 1.29 is 8.42 Å². The lowest BCUT2D eigenvalue weighted by Crippen LogP contribution is -2.31. The lowest BCUT2D eigenvalue weighted by atomic mass is 9.98. The van der Waals surface area contributed by atoms with Gasteiger partial charge in [-0.2, -0.15) is 0 Å². The molecule has 2 rings (SSSR count). The van der Waals surface area contributed by atoms with Crippen LogP contribution in [0.5, 0.6) is 0 Å². The van der Waals surface area contributed by atoms with Crippen LogP contribution in [-0.4, -0.2) is 20.8 Å². The maximum absolute atomic E-state index is 12.5. The number of benzene rings is 1. The Kier molecular flexibility index (Phi) is 6.16. The van der Waals surface area contributed by atoms with Gasteiger partial charge in [0.2, 0.25) is 10.0 Å². The molecule has 1 fully saturated rings. The summed E-state index contributed by atoms with van der Waals surface area (Å²) in [6.07, 6.45) is 3.26. The van der Waals surface area contributed by atoms with Gasteiger partial charge in [-0.25, -0.2) is 13.1 Å². The van der Waals surface area contributed by atoms with Gasteiger partial charge in [0, 0.05) is 21.4 Å². The van der Waals surface area contributed by atoms with E-state index < -0.39 is 10.0 Å². The van der Waals surface area contributed by atoms with Crippen LogP contribution in [0.3, 0.4) is 0 Å². The van der Waals surface area contributed by atoms with Crippen molar-refractivity contribution in [3.8, 4) is 0 Å². The van der Waals surface area contributed by atoms with E-state index in [9.17, 15) is 8.42 Å². The third-order valence-electron chi connectivity index (χ3n) is 4.05. The van der Waals surface area contributed by atoms with Crippen molar-refractivity contribution in [3.05, 3.63) is 26.6 Å². The van der Waals surface area contributed by atoms with Crippen LogP contribution in [0.2, 0.25) is 0 Å². The molecular weight excluding hydrogens is 441 g/mol. The molecule has 7 heteroatoms. The molecule has 0 heterocycles. The molecule has 0 saturated heterocycles. The summed E-state index contributed by atoms with van der Waals surface area (Å²) in [5.41, 5.74) is 0.985. The molecule has 0 radical (unpaired) electrons. The average molecular weight is 460 g/mol. The highest BCUT2D eigenvalue weighted by molar-refractivity contribution is 9.11. The Morgan fingerprint density at radius 3 is 2.57 bits per heavy atom. The fraction of sp³-hybridized carbons (Fsp3) is 0.571. The quantitative estimate of drug-likeness (QED) is 0.661. The highest BCUT2D eigenvalue weighted by Crippen LogP contribution is 2.33. The van der Waals surface area contributed by atoms with Crippen LogP contribution in [0, 0.1) is 18.8 Å². The van der Waals surface area contributed by atoms with E-state index in [4.69, 9.17) is 11.6 Å². The molecule has 1 N–H and O–H groups in total. The van der Waals surface area contributed by atoms with E-state index in [0.29, 0.717) is 28.7 Å². The molecule has 21 heavy (non-hydrogen) atoms. The van der Waals surface area contributed by atoms with Gasteiger partial charge in [-0.3, -0.25) is 0 Å². The first-order chi connectivity index (χ1) is 9.85. The fourth-order valence-corrected chi connectivity index (χ4v) is 5.89. The molecule has 1 aliphatic carbocycles. The Morgan fingerprint density at radius 1 is 1.24 bits per heavy atom. The number of nitrogens with one attached hydrogen (secondary N) is 1. The predicted octanol–water partition coefficient (Wildman–Crippen LogP) is 4.45. The van der Waals surface area contributed by atoms with Gasteiger partial charge < -0.3 is 0 Å². The number of rotatable bonds is 5. The highest BCUT2D eigenvalue weighted by atomic mass is 79.9. The van der Waals surface area contributed by atoms with E-state index in [1.165, 1.54) is 0 Å². The van der Waals surface area contributed by atoms with Gasteiger partial charge in [0.25, 0.3) is 0 Å². The van der Waals surface area contributed by atoms with Crippen LogP contribution in [0.25, 0.3) is 0 Å². The molecule has 0 aliphatic heterocycles. The van der Waals surface area contributed by atoms with Crippen LogP contribution in [0.4, 0.5) is 0 Å². The van der Waals surface area contributed by atoms with Crippen molar-refractivity contribution in [1.82, 2.24) is 4.72 Å². The van der Waals surface area contributed by atoms with Gasteiger partial charge in [0.15, 0.2) is 0 Å². The molecule has 1 aromatic carbocycles. The molecule has 118 valence electrons. The molecule has 0 amide bonds. The third-order valence-corrected chi connectivity index (χ3v) is 7.69. The van der Waals surface area contributed by atoms with E-state index in [2.05, 4.69) is 36.6 Å². The highest BCUT2D eigenvalue weighted by Gasteiger charge is 2.28. The van der Waals surface area contributed by atoms with Crippen LogP contribution in [0.1, 0.15) is 24.8 Å². The van der Waals surface area contributed by atoms with Crippen molar-refractivity contribution >= 4 is 53.5 Å². The number of alkyl halides is 1. The van der Waals surface area contributed by atoms with Crippen LogP contribution in [0.15, 0.2) is 26.0 Å². The standard InChI is InChI=1S/C14H18Br2ClNO2S/c1-9-5-13(16)14(6-12(9)15)21(19,20)18-8-11-4-2-3-10(11)7-17/h5-6,10-11,18H,2-4,7-8H2,1H3. The Balaban J connectivity index is 2.14. The van der Waals surface area contributed by atoms with Crippen LogP contribution < -0.4 is 4.72 Å². The summed E-state index contributed by atoms with van der Waals surface area (Å²) in [6.45, 7) is 2.37. The normalized spacial score (nSPS) is 22.7. The molecule has 1 aromatic rings. The summed E-state index contributed by atoms with van der Waals surface area (Å²) in [4.78, 5) is 0.264. The average Bonchev–Trinajstić information content (AvgIpc) is 2.88. The first kappa shape index (κ1) is 17.7. The number of halogens is 3. The zero-order chi connectivity index (χ0) is 15.6. The Bertz CT molecular complexity index is 622. The van der Waals surface area contributed by atoms with Crippen molar-refractivity contribution in [2.24, 2.45) is 11.8 Å². The summed E-state index contributed by atoms with van der Waals surface area (Å²) in [5.74, 6) is 1.36. The Labute approximate surface area is 148 Å². The molecule has 3 nitrogen and oxygen atoms in total. The summed E-state index contributed by atoms with van der Waals surface area (Å²) < 4.78 is 29.0. The molecule has 0 spiro atoms. The molecular formula is C14H18Br2ClNO2S. The lowest BCUT2D eigenvalue weighted by molar-refractivity contribution is 0.418. The summed E-state index contributed by atoms with van der Waals surface area (Å²) in [5, 5.41) is 0. The van der Waals surface area contributed by atoms with Crippen LogP contribution in [-0.2, 0) is 10.0 Å². The SMILES string of the molecule is Cc1cc(Br)c(S(=O)(=O)NCC2CCCC2CCl)cc1Br. The minimum absolute atomic E-state index is 0.264. The predicted molar refractivity (Wildman–Crippen MR) is 93.3 cm³/mol. The summed E-state index contributed by atoms with van der Waals surface area (Å²) in [6, 6.07) is 3.44. The van der Waals surface area contributed by atoms with Crippen molar-refractivity contribution in [2.75, 3.05) is 12.4 Å². The van der Waals surface area contributed by atoms with Gasteiger partial charge in [-0.15, -0.1) is 11.6 Å². The summed E-state index contributed by atoms with van der Waals surface area (Å²) >= 11 is 12.7. The van der Waals surface area contributed by atoms with E-state index >= 15 is 0 Å².